The zero-order valence-electron chi connectivity index (χ0n) is 9.30. The minimum Gasteiger partial charge on any atom is -0.352 e. The number of halogens is 2. The van der Waals surface area contributed by atoms with Gasteiger partial charge in [0.05, 0.1) is 5.02 Å². The Morgan fingerprint density at radius 1 is 1.38 bits per heavy atom. The van der Waals surface area contributed by atoms with Crippen LogP contribution in [-0.4, -0.2) is 26.6 Å². The van der Waals surface area contributed by atoms with Crippen LogP contribution in [0.5, 0.6) is 0 Å². The highest BCUT2D eigenvalue weighted by Crippen LogP contribution is 2.26. The van der Waals surface area contributed by atoms with E-state index in [0.29, 0.717) is 18.0 Å². The average Bonchev–Trinajstić information content (AvgIpc) is 2.31. The van der Waals surface area contributed by atoms with Gasteiger partial charge in [-0.15, -0.1) is 0 Å². The van der Waals surface area contributed by atoms with E-state index in [0.717, 1.165) is 10.0 Å². The number of ether oxygens (including phenoxy) is 2. The highest BCUT2D eigenvalue weighted by molar-refractivity contribution is 9.10. The lowest BCUT2D eigenvalue weighted by Crippen LogP contribution is -2.43. The molecule has 0 saturated carbocycles. The Labute approximate surface area is 109 Å². The van der Waals surface area contributed by atoms with Gasteiger partial charge in [0.25, 0.3) is 0 Å². The van der Waals surface area contributed by atoms with Crippen LogP contribution in [0.4, 0.5) is 0 Å². The fraction of sp³-hybridized carbons (Fsp3) is 0.455. The van der Waals surface area contributed by atoms with Crippen molar-refractivity contribution in [2.45, 2.75) is 12.2 Å². The first-order chi connectivity index (χ1) is 7.56. The Hall–Kier alpha value is -0.130. The molecule has 1 aromatic rings. The number of nitrogens with two attached hydrogens (primary N) is 1. The summed E-state index contributed by atoms with van der Waals surface area (Å²) in [4.78, 5) is 0. The topological polar surface area (TPSA) is 44.5 Å². The van der Waals surface area contributed by atoms with E-state index >= 15 is 0 Å². The molecule has 1 aromatic carbocycles. The van der Waals surface area contributed by atoms with Crippen molar-refractivity contribution < 1.29 is 9.47 Å². The largest absolute Gasteiger partial charge is 0.352 e. The zero-order chi connectivity index (χ0) is 12.2. The van der Waals surface area contributed by atoms with Crippen molar-refractivity contribution in [2.24, 2.45) is 5.73 Å². The monoisotopic (exact) mass is 307 g/mol. The molecule has 0 bridgehead atoms. The van der Waals surface area contributed by atoms with E-state index in [-0.39, 0.29) is 0 Å². The summed E-state index contributed by atoms with van der Waals surface area (Å²) in [6, 6.07) is 5.69. The third-order valence-electron chi connectivity index (χ3n) is 2.51. The van der Waals surface area contributed by atoms with Gasteiger partial charge in [-0.2, -0.15) is 0 Å². The molecule has 0 saturated heterocycles. The molecule has 0 aromatic heterocycles. The first-order valence-electron chi connectivity index (χ1n) is 4.81. The fourth-order valence-corrected chi connectivity index (χ4v) is 1.97. The van der Waals surface area contributed by atoms with Crippen LogP contribution in [0.2, 0.25) is 5.02 Å². The van der Waals surface area contributed by atoms with Gasteiger partial charge in [-0.25, -0.2) is 0 Å². The molecule has 16 heavy (non-hydrogen) atoms. The van der Waals surface area contributed by atoms with Crippen LogP contribution < -0.4 is 5.73 Å². The second-order valence-electron chi connectivity index (χ2n) is 3.45. The van der Waals surface area contributed by atoms with E-state index in [1.54, 1.807) is 14.2 Å². The van der Waals surface area contributed by atoms with Crippen LogP contribution in [0.3, 0.4) is 0 Å². The minimum absolute atomic E-state index is 0.292. The molecular weight excluding hydrogens is 293 g/mol. The Balaban J connectivity index is 2.89. The van der Waals surface area contributed by atoms with Gasteiger partial charge < -0.3 is 15.2 Å². The molecule has 0 aliphatic carbocycles. The van der Waals surface area contributed by atoms with Crippen molar-refractivity contribution >= 4 is 27.5 Å². The van der Waals surface area contributed by atoms with E-state index in [2.05, 4.69) is 15.9 Å². The maximum atomic E-state index is 5.92. The highest BCUT2D eigenvalue weighted by Gasteiger charge is 2.28. The lowest BCUT2D eigenvalue weighted by atomic mass is 10.1. The lowest BCUT2D eigenvalue weighted by molar-refractivity contribution is -0.197. The number of benzene rings is 1. The molecule has 0 atom stereocenters. The normalized spacial score (nSPS) is 11.8. The third-order valence-corrected chi connectivity index (χ3v) is 3.73. The molecule has 90 valence electrons. The van der Waals surface area contributed by atoms with Gasteiger partial charge in [0.15, 0.2) is 5.79 Å². The van der Waals surface area contributed by atoms with Crippen molar-refractivity contribution in [2.75, 3.05) is 20.8 Å². The molecule has 2 N–H and O–H groups in total. The van der Waals surface area contributed by atoms with Gasteiger partial charge in [0.2, 0.25) is 0 Å². The fourth-order valence-electron chi connectivity index (χ4n) is 1.43. The maximum Gasteiger partial charge on any atom is 0.183 e. The van der Waals surface area contributed by atoms with Crippen molar-refractivity contribution in [3.63, 3.8) is 0 Å². The molecule has 0 spiro atoms. The van der Waals surface area contributed by atoms with Gasteiger partial charge in [-0.1, -0.05) is 17.7 Å². The molecule has 3 nitrogen and oxygen atoms in total. The second-order valence-corrected chi connectivity index (χ2v) is 4.71. The van der Waals surface area contributed by atoms with Crippen molar-refractivity contribution in [3.05, 3.63) is 33.3 Å². The van der Waals surface area contributed by atoms with Crippen molar-refractivity contribution in [3.8, 4) is 0 Å². The standard InChI is InChI=1S/C11H15BrClNO2/c1-15-11(7-14,16-2)6-8-3-4-10(13)9(12)5-8/h3-5H,6-7,14H2,1-2H3. The molecular formula is C11H15BrClNO2. The second kappa shape index (κ2) is 5.98. The van der Waals surface area contributed by atoms with E-state index in [1.807, 2.05) is 18.2 Å². The van der Waals surface area contributed by atoms with Crippen LogP contribution >= 0.6 is 27.5 Å². The summed E-state index contributed by atoms with van der Waals surface area (Å²) in [5.41, 5.74) is 6.70. The van der Waals surface area contributed by atoms with E-state index in [1.165, 1.54) is 0 Å². The smallest absolute Gasteiger partial charge is 0.183 e. The maximum absolute atomic E-state index is 5.92. The van der Waals surface area contributed by atoms with Crippen LogP contribution in [0.25, 0.3) is 0 Å². The SMILES string of the molecule is COC(CN)(Cc1ccc(Cl)c(Br)c1)OC. The predicted octanol–water partition coefficient (Wildman–Crippen LogP) is 2.59. The molecule has 0 fully saturated rings. The van der Waals surface area contributed by atoms with E-state index in [9.17, 15) is 0 Å². The summed E-state index contributed by atoms with van der Waals surface area (Å²) in [5.74, 6) is -0.771. The summed E-state index contributed by atoms with van der Waals surface area (Å²) in [7, 11) is 3.17. The Bertz CT molecular complexity index is 348. The lowest BCUT2D eigenvalue weighted by Gasteiger charge is -2.29. The quantitative estimate of drug-likeness (QED) is 0.850. The Morgan fingerprint density at radius 3 is 2.44 bits per heavy atom. The Morgan fingerprint density at radius 2 is 2.00 bits per heavy atom. The molecule has 5 heteroatoms. The number of methoxy groups -OCH3 is 2. The number of hydrogen-bond donors (Lipinski definition) is 1. The summed E-state index contributed by atoms with van der Waals surface area (Å²) < 4.78 is 11.5. The summed E-state index contributed by atoms with van der Waals surface area (Å²) in [6.07, 6.45) is 0.576. The van der Waals surface area contributed by atoms with Crippen LogP contribution in [-0.2, 0) is 15.9 Å². The molecule has 0 radical (unpaired) electrons. The molecule has 0 amide bonds. The predicted molar refractivity (Wildman–Crippen MR) is 68.7 cm³/mol. The van der Waals surface area contributed by atoms with Gasteiger partial charge in [-0.3, -0.25) is 0 Å². The summed E-state index contributed by atoms with van der Waals surface area (Å²) >= 11 is 9.29. The molecule has 0 aliphatic rings. The summed E-state index contributed by atoms with van der Waals surface area (Å²) in [6.45, 7) is 0.292. The molecule has 0 heterocycles. The van der Waals surface area contributed by atoms with Gasteiger partial charge >= 0.3 is 0 Å². The first-order valence-corrected chi connectivity index (χ1v) is 5.98. The third kappa shape index (κ3) is 3.18. The number of hydrogen-bond acceptors (Lipinski definition) is 3. The molecule has 0 aliphatic heterocycles. The Kier molecular flexibility index (Phi) is 5.21. The minimum atomic E-state index is -0.771. The van der Waals surface area contributed by atoms with Crippen molar-refractivity contribution in [1.82, 2.24) is 0 Å². The van der Waals surface area contributed by atoms with Crippen molar-refractivity contribution in [1.29, 1.82) is 0 Å². The molecule has 1 rings (SSSR count). The first kappa shape index (κ1) is 13.9. The van der Waals surface area contributed by atoms with E-state index in [4.69, 9.17) is 26.8 Å². The van der Waals surface area contributed by atoms with Gasteiger partial charge in [0, 0.05) is 31.7 Å². The van der Waals surface area contributed by atoms with Gasteiger partial charge in [0.1, 0.15) is 0 Å². The average molecular weight is 309 g/mol. The molecule has 0 unspecified atom stereocenters. The highest BCUT2D eigenvalue weighted by atomic mass is 79.9. The zero-order valence-corrected chi connectivity index (χ0v) is 11.6. The van der Waals surface area contributed by atoms with Gasteiger partial charge in [-0.05, 0) is 33.6 Å². The van der Waals surface area contributed by atoms with E-state index < -0.39 is 5.79 Å². The van der Waals surface area contributed by atoms with Crippen LogP contribution in [0.15, 0.2) is 22.7 Å². The van der Waals surface area contributed by atoms with Crippen LogP contribution in [0, 0.1) is 0 Å². The number of rotatable bonds is 5. The summed E-state index contributed by atoms with van der Waals surface area (Å²) in [5, 5.41) is 0.678. The van der Waals surface area contributed by atoms with Crippen LogP contribution in [0.1, 0.15) is 5.56 Å².